The molecule has 3 rings (SSSR count). The molecule has 0 radical (unpaired) electrons. The minimum Gasteiger partial charge on any atom is -0.376 e. The Hall–Kier alpha value is -2.34. The molecule has 11 heteroatoms. The summed E-state index contributed by atoms with van der Waals surface area (Å²) < 4.78 is 71.7. The molecule has 0 saturated heterocycles. The summed E-state index contributed by atoms with van der Waals surface area (Å²) in [5.74, 6) is -0.493. The standard InChI is InChI=1S/C18H19F3N2O5S/c1-22(2)9-10-27-17(24)16-13-7-6-12(28-29(25,26)18(19,20)21)11-15(13)23-8-4-3-5-14(16)23/h3-8,11,17,24H,9-10H2,1-2H3. The van der Waals surface area contributed by atoms with E-state index in [1.54, 1.807) is 28.8 Å². The molecule has 0 fully saturated rings. The van der Waals surface area contributed by atoms with Gasteiger partial charge in [-0.1, -0.05) is 6.07 Å². The number of hydrogen-bond donors (Lipinski definition) is 1. The number of halogens is 3. The van der Waals surface area contributed by atoms with Crippen LogP contribution in [0.5, 0.6) is 5.75 Å². The average Bonchev–Trinajstić information content (AvgIpc) is 2.94. The minimum atomic E-state index is -5.79. The molecule has 0 bridgehead atoms. The van der Waals surface area contributed by atoms with Crippen LogP contribution in [0.4, 0.5) is 13.2 Å². The van der Waals surface area contributed by atoms with E-state index >= 15 is 0 Å². The number of aliphatic hydroxyl groups is 1. The molecule has 2 heterocycles. The maximum atomic E-state index is 12.6. The summed E-state index contributed by atoms with van der Waals surface area (Å²) in [6.45, 7) is 0.832. The van der Waals surface area contributed by atoms with Gasteiger partial charge in [0.05, 0.1) is 17.6 Å². The molecule has 0 amide bonds. The number of fused-ring (bicyclic) bond motifs is 3. The monoisotopic (exact) mass is 432 g/mol. The minimum absolute atomic E-state index is 0.255. The van der Waals surface area contributed by atoms with Crippen LogP contribution in [-0.2, 0) is 14.9 Å². The highest BCUT2D eigenvalue weighted by molar-refractivity contribution is 7.88. The fourth-order valence-corrected chi connectivity index (χ4v) is 3.32. The first-order valence-corrected chi connectivity index (χ1v) is 9.90. The normalized spacial score (nSPS) is 14.0. The average molecular weight is 432 g/mol. The first-order valence-electron chi connectivity index (χ1n) is 8.49. The summed E-state index contributed by atoms with van der Waals surface area (Å²) in [4.78, 5) is 1.88. The fraction of sp³-hybridized carbons (Fsp3) is 0.333. The molecular weight excluding hydrogens is 413 g/mol. The number of hydrogen-bond acceptors (Lipinski definition) is 6. The smallest absolute Gasteiger partial charge is 0.376 e. The zero-order chi connectivity index (χ0) is 21.4. The number of ether oxygens (including phenoxy) is 1. The molecule has 0 aliphatic rings. The predicted octanol–water partition coefficient (Wildman–Crippen LogP) is 2.89. The van der Waals surface area contributed by atoms with Gasteiger partial charge in [-0.3, -0.25) is 0 Å². The molecule has 158 valence electrons. The van der Waals surface area contributed by atoms with Crippen LogP contribution in [0.25, 0.3) is 16.4 Å². The van der Waals surface area contributed by atoms with Crippen LogP contribution < -0.4 is 4.18 Å². The molecule has 3 aromatic rings. The molecule has 1 aromatic carbocycles. The van der Waals surface area contributed by atoms with Crippen LogP contribution in [0.3, 0.4) is 0 Å². The van der Waals surface area contributed by atoms with Gasteiger partial charge in [0, 0.05) is 29.8 Å². The lowest BCUT2D eigenvalue weighted by Crippen LogP contribution is -2.28. The summed E-state index contributed by atoms with van der Waals surface area (Å²) in [5.41, 5.74) is -4.19. The third-order valence-corrected chi connectivity index (χ3v) is 5.18. The Balaban J connectivity index is 2.05. The third-order valence-electron chi connectivity index (χ3n) is 4.21. The van der Waals surface area contributed by atoms with Gasteiger partial charge in [-0.05, 0) is 38.4 Å². The van der Waals surface area contributed by atoms with E-state index in [9.17, 15) is 26.7 Å². The highest BCUT2D eigenvalue weighted by Gasteiger charge is 2.48. The van der Waals surface area contributed by atoms with Gasteiger partial charge in [-0.25, -0.2) is 0 Å². The molecule has 1 atom stereocenters. The molecule has 0 saturated carbocycles. The molecule has 0 aliphatic heterocycles. The molecule has 2 aromatic heterocycles. The Morgan fingerprint density at radius 3 is 2.55 bits per heavy atom. The SMILES string of the molecule is CN(C)CCOC(O)c1c2ccc(OS(=O)(=O)C(F)(F)F)cc2n2ccccc12. The quantitative estimate of drug-likeness (QED) is 0.351. The lowest BCUT2D eigenvalue weighted by atomic mass is 10.1. The number of aliphatic hydroxyl groups excluding tert-OH is 1. The molecule has 0 spiro atoms. The second kappa shape index (κ2) is 7.82. The topological polar surface area (TPSA) is 80.5 Å². The van der Waals surface area contributed by atoms with Crippen molar-refractivity contribution in [1.82, 2.24) is 9.30 Å². The Kier molecular flexibility index (Phi) is 5.77. The van der Waals surface area contributed by atoms with Gasteiger partial charge in [0.25, 0.3) is 0 Å². The Morgan fingerprint density at radius 2 is 1.90 bits per heavy atom. The van der Waals surface area contributed by atoms with Crippen molar-refractivity contribution in [2.45, 2.75) is 11.8 Å². The van der Waals surface area contributed by atoms with Gasteiger partial charge in [-0.15, -0.1) is 0 Å². The summed E-state index contributed by atoms with van der Waals surface area (Å²) in [6, 6.07) is 8.78. The lowest BCUT2D eigenvalue weighted by Gasteiger charge is -2.15. The highest BCUT2D eigenvalue weighted by atomic mass is 32.2. The van der Waals surface area contributed by atoms with Crippen LogP contribution >= 0.6 is 0 Å². The predicted molar refractivity (Wildman–Crippen MR) is 100.0 cm³/mol. The van der Waals surface area contributed by atoms with E-state index in [1.165, 1.54) is 12.1 Å². The van der Waals surface area contributed by atoms with E-state index in [1.807, 2.05) is 19.0 Å². The van der Waals surface area contributed by atoms with Crippen molar-refractivity contribution in [3.05, 3.63) is 48.2 Å². The molecule has 0 aliphatic carbocycles. The molecule has 29 heavy (non-hydrogen) atoms. The third kappa shape index (κ3) is 4.32. The lowest BCUT2D eigenvalue weighted by molar-refractivity contribution is -0.103. The summed E-state index contributed by atoms with van der Waals surface area (Å²) in [5, 5.41) is 11.0. The van der Waals surface area contributed by atoms with E-state index in [0.717, 1.165) is 6.07 Å². The summed E-state index contributed by atoms with van der Waals surface area (Å²) in [6.07, 6.45) is 0.353. The van der Waals surface area contributed by atoms with Gasteiger partial charge >= 0.3 is 15.6 Å². The zero-order valence-corrected chi connectivity index (χ0v) is 16.4. The molecule has 1 unspecified atom stereocenters. The second-order valence-electron chi connectivity index (χ2n) is 6.56. The van der Waals surface area contributed by atoms with Crippen molar-refractivity contribution in [2.24, 2.45) is 0 Å². The maximum Gasteiger partial charge on any atom is 0.534 e. The first kappa shape index (κ1) is 21.4. The number of benzene rings is 1. The van der Waals surface area contributed by atoms with Crippen LogP contribution in [0.15, 0.2) is 42.6 Å². The zero-order valence-electron chi connectivity index (χ0n) is 15.5. The number of nitrogens with zero attached hydrogens (tertiary/aromatic N) is 2. The highest BCUT2D eigenvalue weighted by Crippen LogP contribution is 2.35. The van der Waals surface area contributed by atoms with Gasteiger partial charge in [0.15, 0.2) is 6.29 Å². The van der Waals surface area contributed by atoms with Crippen molar-refractivity contribution in [3.63, 3.8) is 0 Å². The van der Waals surface area contributed by atoms with Gasteiger partial charge in [0.2, 0.25) is 0 Å². The van der Waals surface area contributed by atoms with Crippen LogP contribution in [0, 0.1) is 0 Å². The Bertz CT molecular complexity index is 1130. The fourth-order valence-electron chi connectivity index (χ4n) is 2.86. The number of aromatic nitrogens is 1. The summed E-state index contributed by atoms with van der Waals surface area (Å²) >= 11 is 0. The number of rotatable bonds is 7. The second-order valence-corrected chi connectivity index (χ2v) is 8.10. The van der Waals surface area contributed by atoms with Crippen molar-refractivity contribution in [1.29, 1.82) is 0 Å². The van der Waals surface area contributed by atoms with Crippen LogP contribution in [0.1, 0.15) is 11.9 Å². The van der Waals surface area contributed by atoms with E-state index in [-0.39, 0.29) is 6.61 Å². The van der Waals surface area contributed by atoms with E-state index in [4.69, 9.17) is 4.74 Å². The van der Waals surface area contributed by atoms with Crippen molar-refractivity contribution in [2.75, 3.05) is 27.2 Å². The number of pyridine rings is 1. The molecule has 7 nitrogen and oxygen atoms in total. The maximum absolute atomic E-state index is 12.6. The van der Waals surface area contributed by atoms with Gasteiger partial charge in [-0.2, -0.15) is 21.6 Å². The van der Waals surface area contributed by atoms with Crippen molar-refractivity contribution < 1.29 is 35.6 Å². The Labute approximate surface area is 165 Å². The van der Waals surface area contributed by atoms with E-state index in [0.29, 0.717) is 28.5 Å². The first-order chi connectivity index (χ1) is 13.5. The van der Waals surface area contributed by atoms with E-state index in [2.05, 4.69) is 4.18 Å². The van der Waals surface area contributed by atoms with Crippen LogP contribution in [0.2, 0.25) is 0 Å². The Morgan fingerprint density at radius 1 is 1.17 bits per heavy atom. The number of alkyl halides is 3. The molecule has 1 N–H and O–H groups in total. The van der Waals surface area contributed by atoms with E-state index < -0.39 is 27.7 Å². The van der Waals surface area contributed by atoms with Gasteiger partial charge in [0.1, 0.15) is 5.75 Å². The summed E-state index contributed by atoms with van der Waals surface area (Å²) in [7, 11) is -2.08. The van der Waals surface area contributed by atoms with Crippen molar-refractivity contribution >= 4 is 26.5 Å². The largest absolute Gasteiger partial charge is 0.534 e. The number of likely N-dealkylation sites (N-methyl/N-ethyl adjacent to an activating group) is 1. The van der Waals surface area contributed by atoms with Crippen LogP contribution in [-0.4, -0.2) is 55.6 Å². The molecular formula is C18H19F3N2O5S. The van der Waals surface area contributed by atoms with Gasteiger partial charge < -0.3 is 23.3 Å². The van der Waals surface area contributed by atoms with Crippen molar-refractivity contribution in [3.8, 4) is 5.75 Å².